The maximum Gasteiger partial charge on any atom is 0.268 e. The van der Waals surface area contributed by atoms with Gasteiger partial charge in [-0.15, -0.1) is 10.2 Å². The molecule has 0 saturated carbocycles. The molecule has 136 valence electrons. The summed E-state index contributed by atoms with van der Waals surface area (Å²) >= 11 is 2.95. The molecule has 7 heteroatoms. The first kappa shape index (κ1) is 20.1. The molecule has 1 heterocycles. The van der Waals surface area contributed by atoms with E-state index in [2.05, 4.69) is 36.3 Å². The van der Waals surface area contributed by atoms with Gasteiger partial charge in [0, 0.05) is 5.75 Å². The first-order valence-corrected chi connectivity index (χ1v) is 10.3. The summed E-state index contributed by atoms with van der Waals surface area (Å²) in [6, 6.07) is 9.79. The second-order valence-electron chi connectivity index (χ2n) is 6.02. The van der Waals surface area contributed by atoms with Crippen LogP contribution in [0.15, 0.2) is 34.2 Å². The van der Waals surface area contributed by atoms with Gasteiger partial charge in [0.05, 0.1) is 0 Å². The normalized spacial score (nSPS) is 11.4. The van der Waals surface area contributed by atoms with Crippen molar-refractivity contribution in [2.24, 2.45) is 0 Å². The molecule has 5 nitrogen and oxygen atoms in total. The average Bonchev–Trinajstić information content (AvgIpc) is 3.07. The number of unbranched alkanes of at least 4 members (excludes halogenated alkanes) is 1. The number of nitriles is 1. The first-order chi connectivity index (χ1) is 12.5. The van der Waals surface area contributed by atoms with Crippen LogP contribution < -0.4 is 5.32 Å². The Balaban J connectivity index is 2.03. The van der Waals surface area contributed by atoms with Crippen LogP contribution in [-0.4, -0.2) is 21.9 Å². The van der Waals surface area contributed by atoms with Crippen LogP contribution in [0.1, 0.15) is 50.7 Å². The van der Waals surface area contributed by atoms with Crippen LogP contribution >= 0.6 is 23.1 Å². The van der Waals surface area contributed by atoms with Crippen molar-refractivity contribution in [2.75, 3.05) is 11.1 Å². The van der Waals surface area contributed by atoms with Gasteiger partial charge in [-0.3, -0.25) is 10.1 Å². The number of hydrogen-bond acceptors (Lipinski definition) is 6. The Morgan fingerprint density at radius 1 is 1.35 bits per heavy atom. The number of nitrogens with zero attached hydrogens (tertiary/aromatic N) is 3. The monoisotopic (exact) mass is 386 g/mol. The van der Waals surface area contributed by atoms with Gasteiger partial charge in [-0.25, -0.2) is 0 Å². The number of aromatic nitrogens is 2. The molecule has 0 fully saturated rings. The SMILES string of the molecule is CCCCSc1nnc(NC(=O)/C(C#N)=C/c2ccc(C(C)C)cc2)s1. The maximum atomic E-state index is 12.3. The fourth-order valence-electron chi connectivity index (χ4n) is 2.08. The lowest BCUT2D eigenvalue weighted by Gasteiger charge is -2.05. The largest absolute Gasteiger partial charge is 0.296 e. The molecule has 1 aromatic heterocycles. The molecule has 0 aliphatic carbocycles. The van der Waals surface area contributed by atoms with Crippen molar-refractivity contribution in [1.29, 1.82) is 5.26 Å². The topological polar surface area (TPSA) is 78.7 Å². The molecular formula is C19H22N4OS2. The van der Waals surface area contributed by atoms with Gasteiger partial charge in [0.2, 0.25) is 5.13 Å². The van der Waals surface area contributed by atoms with Gasteiger partial charge in [-0.1, -0.05) is 74.6 Å². The fraction of sp³-hybridized carbons (Fsp3) is 0.368. The van der Waals surface area contributed by atoms with E-state index in [0.717, 1.165) is 28.5 Å². The van der Waals surface area contributed by atoms with E-state index < -0.39 is 5.91 Å². The third-order valence-corrected chi connectivity index (χ3v) is 5.69. The summed E-state index contributed by atoms with van der Waals surface area (Å²) in [5.74, 6) is 0.949. The van der Waals surface area contributed by atoms with Gasteiger partial charge < -0.3 is 0 Å². The van der Waals surface area contributed by atoms with Crippen molar-refractivity contribution < 1.29 is 4.79 Å². The second kappa shape index (κ2) is 10.1. The Bertz CT molecular complexity index is 804. The molecule has 26 heavy (non-hydrogen) atoms. The zero-order valence-corrected chi connectivity index (χ0v) is 16.8. The Morgan fingerprint density at radius 3 is 2.69 bits per heavy atom. The van der Waals surface area contributed by atoms with Crippen molar-refractivity contribution in [2.45, 2.75) is 43.9 Å². The minimum atomic E-state index is -0.471. The quantitative estimate of drug-likeness (QED) is 0.224. The lowest BCUT2D eigenvalue weighted by Crippen LogP contribution is -2.13. The third-order valence-electron chi connectivity index (χ3n) is 3.63. The fourth-order valence-corrected chi connectivity index (χ4v) is 3.98. The van der Waals surface area contributed by atoms with Crippen LogP contribution in [0.3, 0.4) is 0 Å². The third kappa shape index (κ3) is 5.97. The highest BCUT2D eigenvalue weighted by Gasteiger charge is 2.13. The smallest absolute Gasteiger partial charge is 0.268 e. The molecule has 0 aliphatic heterocycles. The number of amides is 1. The molecule has 0 atom stereocenters. The standard InChI is InChI=1S/C19H22N4OS2/c1-4-5-10-25-19-23-22-18(26-19)21-17(24)16(12-20)11-14-6-8-15(9-7-14)13(2)3/h6-9,11,13H,4-5,10H2,1-3H3,(H,21,22,24)/b16-11+. The Hall–Kier alpha value is -2.17. The molecular weight excluding hydrogens is 364 g/mol. The second-order valence-corrected chi connectivity index (χ2v) is 8.34. The molecule has 0 unspecified atom stereocenters. The predicted octanol–water partition coefficient (Wildman–Crippen LogP) is 5.10. The van der Waals surface area contributed by atoms with Gasteiger partial charge in [0.25, 0.3) is 5.91 Å². The van der Waals surface area contributed by atoms with E-state index in [9.17, 15) is 10.1 Å². The molecule has 0 saturated heterocycles. The summed E-state index contributed by atoms with van der Waals surface area (Å²) in [6.07, 6.45) is 3.82. The van der Waals surface area contributed by atoms with Crippen molar-refractivity contribution >= 4 is 40.2 Å². The molecule has 2 aromatic rings. The highest BCUT2D eigenvalue weighted by Crippen LogP contribution is 2.26. The number of carbonyl (C=O) groups excluding carboxylic acids is 1. The summed E-state index contributed by atoms with van der Waals surface area (Å²) < 4.78 is 0.820. The van der Waals surface area contributed by atoms with Gasteiger partial charge in [0.1, 0.15) is 11.6 Å². The number of benzene rings is 1. The summed E-state index contributed by atoms with van der Waals surface area (Å²) in [6.45, 7) is 6.38. The van der Waals surface area contributed by atoms with Crippen LogP contribution in [-0.2, 0) is 4.79 Å². The molecule has 0 spiro atoms. The zero-order chi connectivity index (χ0) is 18.9. The summed E-state index contributed by atoms with van der Waals surface area (Å²) in [5.41, 5.74) is 2.07. The number of anilines is 1. The van der Waals surface area contributed by atoms with E-state index in [1.54, 1.807) is 17.8 Å². The lowest BCUT2D eigenvalue weighted by atomic mass is 10.0. The highest BCUT2D eigenvalue weighted by molar-refractivity contribution is 8.01. The summed E-state index contributed by atoms with van der Waals surface area (Å²) in [4.78, 5) is 12.3. The average molecular weight is 387 g/mol. The summed E-state index contributed by atoms with van der Waals surface area (Å²) in [7, 11) is 0. The molecule has 2 rings (SSSR count). The Labute approximate surface area is 162 Å². The minimum absolute atomic E-state index is 0.0395. The van der Waals surface area contributed by atoms with E-state index in [1.807, 2.05) is 30.3 Å². The number of hydrogen-bond donors (Lipinski definition) is 1. The molecule has 0 aliphatic rings. The van der Waals surface area contributed by atoms with Crippen LogP contribution in [0.25, 0.3) is 6.08 Å². The van der Waals surface area contributed by atoms with Gasteiger partial charge in [0.15, 0.2) is 4.34 Å². The van der Waals surface area contributed by atoms with E-state index in [1.165, 1.54) is 16.9 Å². The molecule has 0 radical (unpaired) electrons. The van der Waals surface area contributed by atoms with Crippen molar-refractivity contribution in [3.05, 3.63) is 41.0 Å². The Morgan fingerprint density at radius 2 is 2.08 bits per heavy atom. The van der Waals surface area contributed by atoms with Crippen molar-refractivity contribution in [3.8, 4) is 6.07 Å². The lowest BCUT2D eigenvalue weighted by molar-refractivity contribution is -0.112. The van der Waals surface area contributed by atoms with E-state index in [0.29, 0.717) is 11.0 Å². The van der Waals surface area contributed by atoms with E-state index >= 15 is 0 Å². The van der Waals surface area contributed by atoms with E-state index in [4.69, 9.17) is 0 Å². The van der Waals surface area contributed by atoms with Crippen molar-refractivity contribution in [3.63, 3.8) is 0 Å². The Kier molecular flexibility index (Phi) is 7.82. The number of nitrogens with one attached hydrogen (secondary N) is 1. The van der Waals surface area contributed by atoms with Crippen molar-refractivity contribution in [1.82, 2.24) is 10.2 Å². The summed E-state index contributed by atoms with van der Waals surface area (Å²) in [5, 5.41) is 20.4. The molecule has 1 N–H and O–H groups in total. The zero-order valence-electron chi connectivity index (χ0n) is 15.2. The highest BCUT2D eigenvalue weighted by atomic mass is 32.2. The first-order valence-electron chi connectivity index (χ1n) is 8.53. The van der Waals surface area contributed by atoms with Gasteiger partial charge in [-0.05, 0) is 29.5 Å². The number of thioether (sulfide) groups is 1. The maximum absolute atomic E-state index is 12.3. The number of carbonyl (C=O) groups is 1. The molecule has 1 amide bonds. The molecule has 0 bridgehead atoms. The minimum Gasteiger partial charge on any atom is -0.296 e. The van der Waals surface area contributed by atoms with Crippen LogP contribution in [0.2, 0.25) is 0 Å². The van der Waals surface area contributed by atoms with Gasteiger partial charge >= 0.3 is 0 Å². The van der Waals surface area contributed by atoms with Crippen LogP contribution in [0, 0.1) is 11.3 Å². The van der Waals surface area contributed by atoms with Crippen LogP contribution in [0.5, 0.6) is 0 Å². The van der Waals surface area contributed by atoms with Crippen LogP contribution in [0.4, 0.5) is 5.13 Å². The van der Waals surface area contributed by atoms with Gasteiger partial charge in [-0.2, -0.15) is 5.26 Å². The number of rotatable bonds is 8. The molecule has 1 aromatic carbocycles. The predicted molar refractivity (Wildman–Crippen MR) is 108 cm³/mol. The van der Waals surface area contributed by atoms with E-state index in [-0.39, 0.29) is 5.57 Å².